The van der Waals surface area contributed by atoms with Crippen LogP contribution >= 0.6 is 0 Å². The molecule has 18 heavy (non-hydrogen) atoms. The van der Waals surface area contributed by atoms with Gasteiger partial charge in [0.15, 0.2) is 0 Å². The Morgan fingerprint density at radius 1 is 1.28 bits per heavy atom. The highest BCUT2D eigenvalue weighted by Crippen LogP contribution is 2.07. The van der Waals surface area contributed by atoms with Crippen molar-refractivity contribution in [2.24, 2.45) is 0 Å². The van der Waals surface area contributed by atoms with E-state index in [1.54, 1.807) is 18.6 Å². The summed E-state index contributed by atoms with van der Waals surface area (Å²) in [6.45, 7) is 5.74. The second-order valence-electron chi connectivity index (χ2n) is 4.24. The molecule has 6 heteroatoms. The average Bonchev–Trinajstić information content (AvgIpc) is 2.36. The Kier molecular flexibility index (Phi) is 6.64. The summed E-state index contributed by atoms with van der Waals surface area (Å²) < 4.78 is 11.2. The van der Waals surface area contributed by atoms with Gasteiger partial charge in [0.2, 0.25) is 0 Å². The molecule has 0 radical (unpaired) electrons. The van der Waals surface area contributed by atoms with Gasteiger partial charge in [-0.05, 0) is 12.8 Å². The van der Waals surface area contributed by atoms with E-state index in [4.69, 9.17) is 0 Å². The molecular weight excluding hydrogens is 248 g/mol. The highest BCUT2D eigenvalue weighted by Gasteiger charge is 2.05. The van der Waals surface area contributed by atoms with Crippen LogP contribution in [-0.2, 0) is 10.8 Å². The van der Waals surface area contributed by atoms with Crippen molar-refractivity contribution in [2.75, 3.05) is 30.0 Å². The zero-order valence-electron chi connectivity index (χ0n) is 11.3. The van der Waals surface area contributed by atoms with E-state index in [0.717, 1.165) is 37.6 Å². The lowest BCUT2D eigenvalue weighted by molar-refractivity contribution is 0.672. The van der Waals surface area contributed by atoms with Crippen molar-refractivity contribution in [3.05, 3.63) is 12.4 Å². The third-order valence-electron chi connectivity index (χ3n) is 2.61. The lowest BCUT2D eigenvalue weighted by Gasteiger charge is -2.10. The maximum Gasteiger partial charge on any atom is 0.146 e. The van der Waals surface area contributed by atoms with Crippen molar-refractivity contribution in [2.45, 2.75) is 31.9 Å². The van der Waals surface area contributed by atoms with Crippen LogP contribution in [0.2, 0.25) is 0 Å². The van der Waals surface area contributed by atoms with Crippen LogP contribution in [0.3, 0.4) is 0 Å². The molecule has 5 nitrogen and oxygen atoms in total. The SMILES string of the molecule is CCCNc1cncc(NCCC(C)S(C)=O)n1. The van der Waals surface area contributed by atoms with Crippen molar-refractivity contribution < 1.29 is 4.21 Å². The number of nitrogens with zero attached hydrogens (tertiary/aromatic N) is 2. The van der Waals surface area contributed by atoms with E-state index >= 15 is 0 Å². The summed E-state index contributed by atoms with van der Waals surface area (Å²) in [6, 6.07) is 0. The molecular formula is C12H22N4OS. The monoisotopic (exact) mass is 270 g/mol. The molecule has 0 aliphatic heterocycles. The van der Waals surface area contributed by atoms with Crippen LogP contribution in [0.25, 0.3) is 0 Å². The van der Waals surface area contributed by atoms with Gasteiger partial charge in [-0.15, -0.1) is 0 Å². The van der Waals surface area contributed by atoms with E-state index < -0.39 is 10.8 Å². The van der Waals surface area contributed by atoms with E-state index in [1.165, 1.54) is 0 Å². The first-order valence-electron chi connectivity index (χ1n) is 6.25. The molecule has 1 rings (SSSR count). The molecule has 1 aromatic rings. The number of anilines is 2. The molecule has 0 saturated heterocycles. The molecule has 0 saturated carbocycles. The minimum absolute atomic E-state index is 0.201. The Morgan fingerprint density at radius 2 is 1.89 bits per heavy atom. The van der Waals surface area contributed by atoms with Crippen LogP contribution in [0.5, 0.6) is 0 Å². The Morgan fingerprint density at radius 3 is 2.44 bits per heavy atom. The molecule has 1 heterocycles. The van der Waals surface area contributed by atoms with Crippen molar-refractivity contribution >= 4 is 22.4 Å². The predicted octanol–water partition coefficient (Wildman–Crippen LogP) is 1.87. The lowest BCUT2D eigenvalue weighted by atomic mass is 10.3. The molecule has 0 fully saturated rings. The van der Waals surface area contributed by atoms with Gasteiger partial charge >= 0.3 is 0 Å². The van der Waals surface area contributed by atoms with Gasteiger partial charge in [-0.2, -0.15) is 0 Å². The second kappa shape index (κ2) is 8.02. The normalized spacial score (nSPS) is 13.9. The largest absolute Gasteiger partial charge is 0.369 e. The van der Waals surface area contributed by atoms with Crippen molar-refractivity contribution in [3.63, 3.8) is 0 Å². The van der Waals surface area contributed by atoms with Gasteiger partial charge in [0.25, 0.3) is 0 Å². The second-order valence-corrected chi connectivity index (χ2v) is 6.04. The van der Waals surface area contributed by atoms with Crippen molar-refractivity contribution in [3.8, 4) is 0 Å². The van der Waals surface area contributed by atoms with Gasteiger partial charge < -0.3 is 10.6 Å². The van der Waals surface area contributed by atoms with E-state index in [-0.39, 0.29) is 5.25 Å². The number of hydrogen-bond donors (Lipinski definition) is 2. The first kappa shape index (κ1) is 14.9. The van der Waals surface area contributed by atoms with Crippen LogP contribution in [0.15, 0.2) is 12.4 Å². The van der Waals surface area contributed by atoms with E-state index in [0.29, 0.717) is 0 Å². The number of nitrogens with one attached hydrogen (secondary N) is 2. The highest BCUT2D eigenvalue weighted by atomic mass is 32.2. The summed E-state index contributed by atoms with van der Waals surface area (Å²) in [7, 11) is -0.765. The molecule has 2 atom stereocenters. The Balaban J connectivity index is 2.40. The van der Waals surface area contributed by atoms with Crippen LogP contribution in [0.1, 0.15) is 26.7 Å². The van der Waals surface area contributed by atoms with Gasteiger partial charge in [0.05, 0.1) is 12.4 Å². The smallest absolute Gasteiger partial charge is 0.146 e. The Hall–Kier alpha value is -1.17. The Labute approximate surface area is 111 Å². The summed E-state index contributed by atoms with van der Waals surface area (Å²) >= 11 is 0. The molecule has 1 aromatic heterocycles. The van der Waals surface area contributed by atoms with Gasteiger partial charge in [-0.25, -0.2) is 4.98 Å². The minimum Gasteiger partial charge on any atom is -0.369 e. The molecule has 0 aliphatic carbocycles. The highest BCUT2D eigenvalue weighted by molar-refractivity contribution is 7.84. The van der Waals surface area contributed by atoms with Gasteiger partial charge in [0.1, 0.15) is 11.6 Å². The van der Waals surface area contributed by atoms with Crippen LogP contribution in [-0.4, -0.2) is 38.8 Å². The fraction of sp³-hybridized carbons (Fsp3) is 0.667. The predicted molar refractivity (Wildman–Crippen MR) is 77.4 cm³/mol. The summed E-state index contributed by atoms with van der Waals surface area (Å²) in [5, 5.41) is 6.59. The fourth-order valence-electron chi connectivity index (χ4n) is 1.36. The van der Waals surface area contributed by atoms with Gasteiger partial charge in [-0.3, -0.25) is 9.19 Å². The molecule has 0 aromatic carbocycles. The first-order chi connectivity index (χ1) is 8.63. The number of rotatable bonds is 8. The number of aromatic nitrogens is 2. The third kappa shape index (κ3) is 5.44. The zero-order valence-corrected chi connectivity index (χ0v) is 12.1. The van der Waals surface area contributed by atoms with Crippen molar-refractivity contribution in [1.29, 1.82) is 0 Å². The molecule has 102 valence electrons. The third-order valence-corrected chi connectivity index (χ3v) is 3.98. The lowest BCUT2D eigenvalue weighted by Crippen LogP contribution is -2.15. The average molecular weight is 270 g/mol. The van der Waals surface area contributed by atoms with E-state index in [2.05, 4.69) is 27.5 Å². The van der Waals surface area contributed by atoms with Crippen LogP contribution in [0.4, 0.5) is 11.6 Å². The maximum atomic E-state index is 11.2. The molecule has 0 amide bonds. The van der Waals surface area contributed by atoms with Gasteiger partial charge in [-0.1, -0.05) is 13.8 Å². The summed E-state index contributed by atoms with van der Waals surface area (Å²) in [5.74, 6) is 1.54. The van der Waals surface area contributed by atoms with Crippen LogP contribution in [0, 0.1) is 0 Å². The summed E-state index contributed by atoms with van der Waals surface area (Å²) in [5.41, 5.74) is 0. The summed E-state index contributed by atoms with van der Waals surface area (Å²) in [6.07, 6.45) is 7.06. The van der Waals surface area contributed by atoms with E-state index in [1.807, 2.05) is 6.92 Å². The number of hydrogen-bond acceptors (Lipinski definition) is 5. The zero-order chi connectivity index (χ0) is 13.4. The molecule has 2 N–H and O–H groups in total. The molecule has 2 unspecified atom stereocenters. The standard InChI is InChI=1S/C12H22N4OS/c1-4-6-14-11-8-13-9-12(16-11)15-7-5-10(2)18(3)17/h8-10H,4-7H2,1-3H3,(H2,14,15,16). The fourth-order valence-corrected chi connectivity index (χ4v) is 1.81. The maximum absolute atomic E-state index is 11.2. The van der Waals surface area contributed by atoms with Gasteiger partial charge in [0, 0.05) is 35.4 Å². The van der Waals surface area contributed by atoms with Crippen molar-refractivity contribution in [1.82, 2.24) is 9.97 Å². The molecule has 0 spiro atoms. The molecule has 0 bridgehead atoms. The quantitative estimate of drug-likeness (QED) is 0.755. The summed E-state index contributed by atoms with van der Waals surface area (Å²) in [4.78, 5) is 8.51. The minimum atomic E-state index is -0.765. The van der Waals surface area contributed by atoms with E-state index in [9.17, 15) is 4.21 Å². The van der Waals surface area contributed by atoms with Crippen LogP contribution < -0.4 is 10.6 Å². The topological polar surface area (TPSA) is 66.9 Å². The molecule has 0 aliphatic rings. The Bertz CT molecular complexity index is 386. The first-order valence-corrected chi connectivity index (χ1v) is 7.87.